The number of benzene rings is 1. The van der Waals surface area contributed by atoms with Crippen LogP contribution in [0.15, 0.2) is 47.3 Å². The van der Waals surface area contributed by atoms with Crippen LogP contribution in [0.5, 0.6) is 5.88 Å². The largest absolute Gasteiger partial charge is 0.493 e. The third-order valence-electron chi connectivity index (χ3n) is 3.41. The van der Waals surface area contributed by atoms with E-state index in [1.54, 1.807) is 30.0 Å². The highest BCUT2D eigenvalue weighted by atomic mass is 16.3. The van der Waals surface area contributed by atoms with E-state index in [-0.39, 0.29) is 5.88 Å². The number of nitrogens with zero attached hydrogens (tertiary/aromatic N) is 3. The van der Waals surface area contributed by atoms with Gasteiger partial charge in [-0.15, -0.1) is 0 Å². The highest BCUT2D eigenvalue weighted by Gasteiger charge is 2.12. The number of aryl methyl sites for hydroxylation is 1. The van der Waals surface area contributed by atoms with E-state index in [9.17, 15) is 5.11 Å². The van der Waals surface area contributed by atoms with Crippen LogP contribution in [0.25, 0.3) is 27.9 Å². The molecule has 0 saturated heterocycles. The molecule has 0 unspecified atom stereocenters. The van der Waals surface area contributed by atoms with E-state index in [1.165, 1.54) is 0 Å². The van der Waals surface area contributed by atoms with Gasteiger partial charge >= 0.3 is 0 Å². The van der Waals surface area contributed by atoms with Crippen LogP contribution in [-0.4, -0.2) is 19.5 Å². The summed E-state index contributed by atoms with van der Waals surface area (Å²) in [7, 11) is 0. The summed E-state index contributed by atoms with van der Waals surface area (Å²) >= 11 is 0. The fraction of sp³-hybridized carbons (Fsp3) is 0.0667. The van der Waals surface area contributed by atoms with E-state index < -0.39 is 0 Å². The molecular formula is C15H11N3O2. The normalized spacial score (nSPS) is 11.4. The van der Waals surface area contributed by atoms with Crippen molar-refractivity contribution in [2.24, 2.45) is 0 Å². The molecule has 0 aliphatic carbocycles. The number of aromatic hydroxyl groups is 1. The minimum absolute atomic E-state index is 0.136. The predicted octanol–water partition coefficient (Wildman–Crippen LogP) is 3.16. The number of imidazole rings is 1. The molecule has 0 amide bonds. The van der Waals surface area contributed by atoms with E-state index in [0.717, 1.165) is 22.2 Å². The molecule has 0 fully saturated rings. The van der Waals surface area contributed by atoms with Gasteiger partial charge in [-0.3, -0.25) is 9.38 Å². The molecule has 98 valence electrons. The summed E-state index contributed by atoms with van der Waals surface area (Å²) in [6, 6.07) is 7.78. The lowest BCUT2D eigenvalue weighted by Gasteiger charge is -2.00. The Morgan fingerprint density at radius 3 is 3.00 bits per heavy atom. The predicted molar refractivity (Wildman–Crippen MR) is 74.6 cm³/mol. The Kier molecular flexibility index (Phi) is 2.12. The number of furan rings is 1. The molecule has 4 rings (SSSR count). The Bertz CT molecular complexity index is 937. The number of aromatic nitrogens is 3. The second kappa shape index (κ2) is 3.84. The first-order valence-electron chi connectivity index (χ1n) is 6.24. The van der Waals surface area contributed by atoms with E-state index >= 15 is 0 Å². The maximum Gasteiger partial charge on any atom is 0.219 e. The maximum absolute atomic E-state index is 9.98. The highest BCUT2D eigenvalue weighted by molar-refractivity contribution is 5.92. The van der Waals surface area contributed by atoms with Crippen LogP contribution in [-0.2, 0) is 0 Å². The van der Waals surface area contributed by atoms with Crippen LogP contribution in [0, 0.1) is 6.92 Å². The molecule has 0 aliphatic heterocycles. The first kappa shape index (κ1) is 11.0. The van der Waals surface area contributed by atoms with Gasteiger partial charge in [0, 0.05) is 17.1 Å². The van der Waals surface area contributed by atoms with Gasteiger partial charge in [-0.2, -0.15) is 0 Å². The molecule has 3 heterocycles. The van der Waals surface area contributed by atoms with Crippen molar-refractivity contribution in [1.29, 1.82) is 0 Å². The summed E-state index contributed by atoms with van der Waals surface area (Å²) in [4.78, 5) is 8.62. The van der Waals surface area contributed by atoms with E-state index in [0.29, 0.717) is 11.3 Å². The third-order valence-corrected chi connectivity index (χ3v) is 3.41. The molecule has 5 nitrogen and oxygen atoms in total. The second-order valence-electron chi connectivity index (χ2n) is 4.67. The molecule has 0 radical (unpaired) electrons. The fourth-order valence-corrected chi connectivity index (χ4v) is 2.38. The van der Waals surface area contributed by atoms with Crippen molar-refractivity contribution in [3.8, 4) is 17.1 Å². The lowest BCUT2D eigenvalue weighted by Crippen LogP contribution is -1.89. The van der Waals surface area contributed by atoms with Gasteiger partial charge in [0.2, 0.25) is 5.88 Å². The molecule has 0 atom stereocenters. The van der Waals surface area contributed by atoms with E-state index in [2.05, 4.69) is 9.97 Å². The lowest BCUT2D eigenvalue weighted by molar-refractivity contribution is 0.444. The quantitative estimate of drug-likeness (QED) is 0.574. The van der Waals surface area contributed by atoms with Gasteiger partial charge in [-0.25, -0.2) is 4.98 Å². The minimum atomic E-state index is 0.136. The van der Waals surface area contributed by atoms with Gasteiger partial charge in [0.1, 0.15) is 17.5 Å². The van der Waals surface area contributed by atoms with Gasteiger partial charge in [0.15, 0.2) is 5.65 Å². The van der Waals surface area contributed by atoms with Crippen molar-refractivity contribution >= 4 is 16.6 Å². The standard InChI is InChI=1S/C15H11N3O2/c1-9-15(19)18-7-12(16-6-14(18)17-9)11-8-20-13-5-3-2-4-10(11)13/h2-8,19H,1H3. The zero-order valence-corrected chi connectivity index (χ0v) is 10.7. The van der Waals surface area contributed by atoms with Crippen molar-refractivity contribution in [3.05, 3.63) is 48.6 Å². The van der Waals surface area contributed by atoms with Gasteiger partial charge in [0.25, 0.3) is 0 Å². The molecule has 5 heteroatoms. The smallest absolute Gasteiger partial charge is 0.219 e. The van der Waals surface area contributed by atoms with Crippen molar-refractivity contribution in [1.82, 2.24) is 14.4 Å². The summed E-state index contributed by atoms with van der Waals surface area (Å²) in [5.74, 6) is 0.136. The fourth-order valence-electron chi connectivity index (χ4n) is 2.38. The number of rotatable bonds is 1. The molecule has 1 aromatic carbocycles. The zero-order valence-electron chi connectivity index (χ0n) is 10.7. The molecule has 1 N–H and O–H groups in total. The van der Waals surface area contributed by atoms with E-state index in [1.807, 2.05) is 24.3 Å². The Morgan fingerprint density at radius 2 is 2.10 bits per heavy atom. The van der Waals surface area contributed by atoms with Crippen LogP contribution >= 0.6 is 0 Å². The number of hydrogen-bond donors (Lipinski definition) is 1. The number of fused-ring (bicyclic) bond motifs is 2. The summed E-state index contributed by atoms with van der Waals surface area (Å²) in [6.07, 6.45) is 5.09. The Balaban J connectivity index is 2.00. The summed E-state index contributed by atoms with van der Waals surface area (Å²) in [6.45, 7) is 1.76. The third kappa shape index (κ3) is 1.43. The van der Waals surface area contributed by atoms with E-state index in [4.69, 9.17) is 4.42 Å². The molecule has 0 saturated carbocycles. The monoisotopic (exact) mass is 265 g/mol. The van der Waals surface area contributed by atoms with Crippen molar-refractivity contribution < 1.29 is 9.52 Å². The first-order valence-corrected chi connectivity index (χ1v) is 6.24. The molecule has 0 spiro atoms. The molecule has 3 aromatic heterocycles. The Morgan fingerprint density at radius 1 is 1.25 bits per heavy atom. The molecule has 4 aromatic rings. The zero-order chi connectivity index (χ0) is 13.7. The lowest BCUT2D eigenvalue weighted by atomic mass is 10.1. The summed E-state index contributed by atoms with van der Waals surface area (Å²) in [5.41, 5.74) is 3.65. The SMILES string of the molecule is Cc1nc2cnc(-c3coc4ccccc34)cn2c1O. The van der Waals surface area contributed by atoms with Crippen LogP contribution in [0.4, 0.5) is 0 Å². The number of hydrogen-bond acceptors (Lipinski definition) is 4. The number of para-hydroxylation sites is 1. The van der Waals surface area contributed by atoms with Gasteiger partial charge in [-0.05, 0) is 13.0 Å². The van der Waals surface area contributed by atoms with Gasteiger partial charge < -0.3 is 9.52 Å². The van der Waals surface area contributed by atoms with Crippen LogP contribution in [0.2, 0.25) is 0 Å². The Hall–Kier alpha value is -2.82. The van der Waals surface area contributed by atoms with Gasteiger partial charge in [-0.1, -0.05) is 18.2 Å². The van der Waals surface area contributed by atoms with Crippen molar-refractivity contribution in [2.75, 3.05) is 0 Å². The average Bonchev–Trinajstić information content (AvgIpc) is 3.01. The molecule has 0 aliphatic rings. The van der Waals surface area contributed by atoms with Crippen LogP contribution in [0.3, 0.4) is 0 Å². The van der Waals surface area contributed by atoms with Crippen LogP contribution < -0.4 is 0 Å². The van der Waals surface area contributed by atoms with Crippen molar-refractivity contribution in [2.45, 2.75) is 6.92 Å². The Labute approximate surface area is 114 Å². The molecule has 20 heavy (non-hydrogen) atoms. The maximum atomic E-state index is 9.98. The summed E-state index contributed by atoms with van der Waals surface area (Å²) in [5, 5.41) is 11.0. The topological polar surface area (TPSA) is 63.6 Å². The molecular weight excluding hydrogens is 254 g/mol. The minimum Gasteiger partial charge on any atom is -0.493 e. The average molecular weight is 265 g/mol. The van der Waals surface area contributed by atoms with Crippen molar-refractivity contribution in [3.63, 3.8) is 0 Å². The van der Waals surface area contributed by atoms with Gasteiger partial charge in [0.05, 0.1) is 11.9 Å². The first-order chi connectivity index (χ1) is 9.74. The molecule has 0 bridgehead atoms. The second-order valence-corrected chi connectivity index (χ2v) is 4.67. The van der Waals surface area contributed by atoms with Crippen LogP contribution in [0.1, 0.15) is 5.69 Å². The highest BCUT2D eigenvalue weighted by Crippen LogP contribution is 2.30. The summed E-state index contributed by atoms with van der Waals surface area (Å²) < 4.78 is 7.15.